The third kappa shape index (κ3) is 5.19. The van der Waals surface area contributed by atoms with Crippen molar-refractivity contribution < 1.29 is 19.9 Å². The fourth-order valence-electron chi connectivity index (χ4n) is 4.63. The van der Waals surface area contributed by atoms with Crippen LogP contribution >= 0.6 is 11.3 Å². The second kappa shape index (κ2) is 10.0. The predicted octanol–water partition coefficient (Wildman–Crippen LogP) is 2.80. The van der Waals surface area contributed by atoms with Gasteiger partial charge in [-0.3, -0.25) is 9.69 Å². The summed E-state index contributed by atoms with van der Waals surface area (Å²) in [4.78, 5) is 14.6. The summed E-state index contributed by atoms with van der Waals surface area (Å²) >= 11 is 1.78. The summed E-state index contributed by atoms with van der Waals surface area (Å²) in [5, 5.41) is 34.7. The number of rotatable bonds is 10. The quantitative estimate of drug-likeness (QED) is 0.350. The highest BCUT2D eigenvalue weighted by molar-refractivity contribution is 7.17. The predicted molar refractivity (Wildman–Crippen MR) is 118 cm³/mol. The molecule has 0 radical (unpaired) electrons. The van der Waals surface area contributed by atoms with Crippen LogP contribution in [-0.2, 0) is 11.3 Å². The molecule has 8 heteroatoms. The molecular formula is C21H31BN2O4S. The maximum absolute atomic E-state index is 12.2. The van der Waals surface area contributed by atoms with Crippen molar-refractivity contribution in [2.24, 2.45) is 5.92 Å². The van der Waals surface area contributed by atoms with Crippen molar-refractivity contribution in [3.05, 3.63) is 35.2 Å². The maximum Gasteiger partial charge on any atom is 0.451 e. The number of aliphatic carboxylic acids is 1. The van der Waals surface area contributed by atoms with Crippen molar-refractivity contribution in [3.63, 3.8) is 0 Å². The zero-order valence-corrected chi connectivity index (χ0v) is 17.8. The molecule has 6 nitrogen and oxygen atoms in total. The van der Waals surface area contributed by atoms with Crippen LogP contribution in [0.1, 0.15) is 37.7 Å². The van der Waals surface area contributed by atoms with Crippen molar-refractivity contribution >= 4 is 34.5 Å². The molecule has 0 bridgehead atoms. The monoisotopic (exact) mass is 418 g/mol. The first-order valence-corrected chi connectivity index (χ1v) is 11.3. The van der Waals surface area contributed by atoms with Crippen LogP contribution in [0.5, 0.6) is 0 Å². The zero-order valence-electron chi connectivity index (χ0n) is 17.0. The first-order chi connectivity index (χ1) is 14.0. The van der Waals surface area contributed by atoms with E-state index in [-0.39, 0.29) is 12.2 Å². The van der Waals surface area contributed by atoms with Crippen LogP contribution in [0.4, 0.5) is 0 Å². The van der Waals surface area contributed by atoms with Crippen molar-refractivity contribution in [2.75, 3.05) is 20.1 Å². The van der Waals surface area contributed by atoms with Gasteiger partial charge in [0, 0.05) is 11.2 Å². The van der Waals surface area contributed by atoms with Crippen LogP contribution < -0.4 is 5.32 Å². The summed E-state index contributed by atoms with van der Waals surface area (Å²) in [5.41, 5.74) is 0.409. The Morgan fingerprint density at radius 3 is 2.66 bits per heavy atom. The Hall–Kier alpha value is -1.45. The molecule has 2 heterocycles. The van der Waals surface area contributed by atoms with E-state index in [0.29, 0.717) is 19.3 Å². The van der Waals surface area contributed by atoms with E-state index in [2.05, 4.69) is 39.9 Å². The molecule has 158 valence electrons. The molecule has 2 aromatic rings. The molecule has 1 unspecified atom stereocenters. The van der Waals surface area contributed by atoms with Gasteiger partial charge < -0.3 is 20.5 Å². The molecule has 0 saturated carbocycles. The van der Waals surface area contributed by atoms with E-state index in [1.807, 2.05) is 0 Å². The van der Waals surface area contributed by atoms with Gasteiger partial charge in [0.1, 0.15) is 5.54 Å². The van der Waals surface area contributed by atoms with Crippen LogP contribution in [0.3, 0.4) is 0 Å². The molecule has 1 fully saturated rings. The Kier molecular flexibility index (Phi) is 7.70. The number of thiophene rings is 1. The van der Waals surface area contributed by atoms with E-state index >= 15 is 0 Å². The molecule has 1 aliphatic rings. The molecule has 4 N–H and O–H groups in total. The first kappa shape index (κ1) is 22.2. The van der Waals surface area contributed by atoms with E-state index in [0.717, 1.165) is 32.5 Å². The number of carboxylic acid groups (broad SMARTS) is 1. The minimum Gasteiger partial charge on any atom is -0.480 e. The Labute approximate surface area is 176 Å². The lowest BCUT2D eigenvalue weighted by atomic mass is 9.73. The Balaban J connectivity index is 1.59. The van der Waals surface area contributed by atoms with Gasteiger partial charge in [-0.05, 0) is 74.0 Å². The SMILES string of the molecule is CNC(CCCCB(O)O)(C(=O)O)C1CCN(Cc2csc3ccccc23)CC1. The third-order valence-electron chi connectivity index (χ3n) is 6.35. The zero-order chi connectivity index (χ0) is 20.9. The van der Waals surface area contributed by atoms with E-state index in [4.69, 9.17) is 10.0 Å². The number of likely N-dealkylation sites (N-methyl/N-ethyl adjacent to an activating group) is 1. The minimum atomic E-state index is -1.32. The third-order valence-corrected chi connectivity index (χ3v) is 7.36. The number of nitrogens with one attached hydrogen (secondary N) is 1. The number of fused-ring (bicyclic) bond motifs is 1. The smallest absolute Gasteiger partial charge is 0.451 e. The highest BCUT2D eigenvalue weighted by atomic mass is 32.1. The van der Waals surface area contributed by atoms with Gasteiger partial charge in [0.25, 0.3) is 0 Å². The van der Waals surface area contributed by atoms with Gasteiger partial charge in [0.05, 0.1) is 0 Å². The number of benzene rings is 1. The van der Waals surface area contributed by atoms with E-state index in [1.165, 1.54) is 15.6 Å². The molecule has 29 heavy (non-hydrogen) atoms. The molecule has 1 saturated heterocycles. The van der Waals surface area contributed by atoms with Crippen LogP contribution in [0, 0.1) is 5.92 Å². The molecule has 1 aliphatic heterocycles. The largest absolute Gasteiger partial charge is 0.480 e. The summed E-state index contributed by atoms with van der Waals surface area (Å²) in [5.74, 6) is -0.730. The van der Waals surface area contributed by atoms with Gasteiger partial charge in [-0.2, -0.15) is 0 Å². The standard InChI is InChI=1S/C21H31BN2O4S/c1-23-21(20(25)26,10-4-5-11-22(27)28)17-8-12-24(13-9-17)14-16-15-29-19-7-3-2-6-18(16)19/h2-3,6-7,15,17,23,27-28H,4-5,8-14H2,1H3,(H,25,26). The van der Waals surface area contributed by atoms with Gasteiger partial charge in [-0.25, -0.2) is 0 Å². The van der Waals surface area contributed by atoms with Gasteiger partial charge in [-0.15, -0.1) is 11.3 Å². The van der Waals surface area contributed by atoms with E-state index < -0.39 is 18.6 Å². The van der Waals surface area contributed by atoms with Crippen LogP contribution in [0.25, 0.3) is 10.1 Å². The number of hydrogen-bond acceptors (Lipinski definition) is 6. The highest BCUT2D eigenvalue weighted by Crippen LogP contribution is 2.34. The van der Waals surface area contributed by atoms with Crippen molar-refractivity contribution in [1.82, 2.24) is 10.2 Å². The Morgan fingerprint density at radius 1 is 1.28 bits per heavy atom. The summed E-state index contributed by atoms with van der Waals surface area (Å²) in [7, 11) is 0.416. The number of likely N-dealkylation sites (tertiary alicyclic amines) is 1. The van der Waals surface area contributed by atoms with Crippen molar-refractivity contribution in [3.8, 4) is 0 Å². The van der Waals surface area contributed by atoms with Crippen LogP contribution in [-0.4, -0.2) is 58.8 Å². The lowest BCUT2D eigenvalue weighted by Gasteiger charge is -2.42. The van der Waals surface area contributed by atoms with E-state index in [9.17, 15) is 9.90 Å². The van der Waals surface area contributed by atoms with Crippen molar-refractivity contribution in [2.45, 2.75) is 50.5 Å². The average Bonchev–Trinajstić information content (AvgIpc) is 3.12. The Bertz CT molecular complexity index is 807. The summed E-state index contributed by atoms with van der Waals surface area (Å²) in [6.07, 6.45) is 3.75. The maximum atomic E-state index is 12.2. The lowest BCUT2D eigenvalue weighted by Crippen LogP contribution is -2.58. The molecule has 1 atom stereocenters. The molecule has 1 aromatic heterocycles. The fourth-order valence-corrected chi connectivity index (χ4v) is 5.59. The van der Waals surface area contributed by atoms with E-state index in [1.54, 1.807) is 18.4 Å². The summed E-state index contributed by atoms with van der Waals surface area (Å²) in [6.45, 7) is 2.69. The number of carbonyl (C=O) groups is 1. The highest BCUT2D eigenvalue weighted by Gasteiger charge is 2.45. The second-order valence-corrected chi connectivity index (χ2v) is 8.97. The van der Waals surface area contributed by atoms with Gasteiger partial charge in [-0.1, -0.05) is 31.0 Å². The van der Waals surface area contributed by atoms with Gasteiger partial charge >= 0.3 is 13.1 Å². The topological polar surface area (TPSA) is 93.0 Å². The number of nitrogens with zero attached hydrogens (tertiary/aromatic N) is 1. The summed E-state index contributed by atoms with van der Waals surface area (Å²) in [6, 6.07) is 8.47. The number of hydrogen-bond donors (Lipinski definition) is 4. The molecule has 0 aliphatic carbocycles. The van der Waals surface area contributed by atoms with Crippen molar-refractivity contribution in [1.29, 1.82) is 0 Å². The fraction of sp³-hybridized carbons (Fsp3) is 0.571. The average molecular weight is 418 g/mol. The lowest BCUT2D eigenvalue weighted by molar-refractivity contribution is -0.148. The van der Waals surface area contributed by atoms with Crippen LogP contribution in [0.15, 0.2) is 29.6 Å². The molecule has 3 rings (SSSR count). The first-order valence-electron chi connectivity index (χ1n) is 10.4. The summed E-state index contributed by atoms with van der Waals surface area (Å²) < 4.78 is 1.31. The normalized spacial score (nSPS) is 18.0. The number of piperidine rings is 1. The van der Waals surface area contributed by atoms with Gasteiger partial charge in [0.2, 0.25) is 0 Å². The van der Waals surface area contributed by atoms with Gasteiger partial charge in [0.15, 0.2) is 0 Å². The molecule has 1 aromatic carbocycles. The number of unbranched alkanes of at least 4 members (excludes halogenated alkanes) is 1. The molecular weight excluding hydrogens is 387 g/mol. The van der Waals surface area contributed by atoms with Crippen LogP contribution in [0.2, 0.25) is 6.32 Å². The Morgan fingerprint density at radius 2 is 2.00 bits per heavy atom. The molecule has 0 amide bonds. The molecule has 0 spiro atoms. The minimum absolute atomic E-state index is 0.0690. The second-order valence-electron chi connectivity index (χ2n) is 8.06. The number of carboxylic acids is 1.